The summed E-state index contributed by atoms with van der Waals surface area (Å²) in [5, 5.41) is 0. The summed E-state index contributed by atoms with van der Waals surface area (Å²) < 4.78 is 4.63. The molecule has 0 aliphatic rings. The number of methoxy groups -OCH3 is 1. The largest absolute Gasteiger partial charge is 0.469 e. The second kappa shape index (κ2) is 4.82. The number of carbonyl (C=O) groups is 1. The average molecular weight is 207 g/mol. The maximum absolute atomic E-state index is 11.1. The van der Waals surface area contributed by atoms with E-state index in [-0.39, 0.29) is 11.9 Å². The maximum Gasteiger partial charge on any atom is 0.306 e. The Balaban J connectivity index is 2.82. The maximum atomic E-state index is 11.1. The summed E-state index contributed by atoms with van der Waals surface area (Å²) in [6.45, 7) is 3.96. The molecule has 0 heterocycles. The highest BCUT2D eigenvalue weighted by atomic mass is 16.5. The van der Waals surface area contributed by atoms with Crippen LogP contribution in [-0.2, 0) is 9.53 Å². The second-order valence-corrected chi connectivity index (χ2v) is 3.81. The fourth-order valence-corrected chi connectivity index (χ4v) is 1.59. The molecule has 0 aromatic heterocycles. The molecule has 1 aromatic rings. The van der Waals surface area contributed by atoms with E-state index in [0.717, 1.165) is 16.8 Å². The van der Waals surface area contributed by atoms with Crippen LogP contribution in [0.3, 0.4) is 0 Å². The van der Waals surface area contributed by atoms with Crippen LogP contribution in [0.5, 0.6) is 0 Å². The lowest BCUT2D eigenvalue weighted by atomic mass is 9.95. The Hall–Kier alpha value is -1.51. The van der Waals surface area contributed by atoms with Crippen LogP contribution in [0.15, 0.2) is 18.2 Å². The lowest BCUT2D eigenvalue weighted by Crippen LogP contribution is -2.07. The first kappa shape index (κ1) is 11.6. The van der Waals surface area contributed by atoms with E-state index >= 15 is 0 Å². The van der Waals surface area contributed by atoms with Gasteiger partial charge in [0.15, 0.2) is 0 Å². The lowest BCUT2D eigenvalue weighted by Gasteiger charge is -2.13. The highest BCUT2D eigenvalue weighted by Gasteiger charge is 2.13. The molecule has 0 fully saturated rings. The van der Waals surface area contributed by atoms with Crippen molar-refractivity contribution in [2.24, 2.45) is 0 Å². The standard InChI is InChI=1S/C12H17NO2/c1-8-4-5-10(11(13)6-8)9(2)7-12(14)15-3/h4-6,9H,7,13H2,1-3H3. The summed E-state index contributed by atoms with van der Waals surface area (Å²) in [5.74, 6) is -0.111. The van der Waals surface area contributed by atoms with Gasteiger partial charge in [0.2, 0.25) is 0 Å². The number of aryl methyl sites for hydroxylation is 1. The van der Waals surface area contributed by atoms with Crippen molar-refractivity contribution in [2.75, 3.05) is 12.8 Å². The molecule has 0 aliphatic heterocycles. The molecule has 1 unspecified atom stereocenters. The molecule has 0 spiro atoms. The van der Waals surface area contributed by atoms with Gasteiger partial charge in [-0.05, 0) is 30.0 Å². The molecule has 82 valence electrons. The fourth-order valence-electron chi connectivity index (χ4n) is 1.59. The van der Waals surface area contributed by atoms with Crippen LogP contribution in [-0.4, -0.2) is 13.1 Å². The third-order valence-electron chi connectivity index (χ3n) is 2.47. The minimum Gasteiger partial charge on any atom is -0.469 e. The molecule has 1 atom stereocenters. The summed E-state index contributed by atoms with van der Waals surface area (Å²) >= 11 is 0. The summed E-state index contributed by atoms with van der Waals surface area (Å²) in [7, 11) is 1.40. The number of nitrogen functional groups attached to an aromatic ring is 1. The highest BCUT2D eigenvalue weighted by Crippen LogP contribution is 2.25. The van der Waals surface area contributed by atoms with Crippen molar-refractivity contribution in [1.82, 2.24) is 0 Å². The number of carbonyl (C=O) groups excluding carboxylic acids is 1. The van der Waals surface area contributed by atoms with Crippen molar-refractivity contribution in [1.29, 1.82) is 0 Å². The molecule has 2 N–H and O–H groups in total. The third-order valence-corrected chi connectivity index (χ3v) is 2.47. The summed E-state index contributed by atoms with van der Waals surface area (Å²) in [6, 6.07) is 5.89. The summed E-state index contributed by atoms with van der Waals surface area (Å²) in [6.07, 6.45) is 0.365. The number of nitrogens with two attached hydrogens (primary N) is 1. The minimum atomic E-state index is -0.206. The van der Waals surface area contributed by atoms with Gasteiger partial charge in [-0.25, -0.2) is 0 Å². The van der Waals surface area contributed by atoms with E-state index in [2.05, 4.69) is 4.74 Å². The quantitative estimate of drug-likeness (QED) is 0.611. The number of hydrogen-bond donors (Lipinski definition) is 1. The van der Waals surface area contributed by atoms with E-state index in [9.17, 15) is 4.79 Å². The average Bonchev–Trinajstić information content (AvgIpc) is 2.17. The van der Waals surface area contributed by atoms with Crippen LogP contribution < -0.4 is 5.73 Å². The molecule has 0 radical (unpaired) electrons. The Labute approximate surface area is 90.2 Å². The zero-order chi connectivity index (χ0) is 11.4. The van der Waals surface area contributed by atoms with E-state index in [4.69, 9.17) is 5.73 Å². The number of ether oxygens (including phenoxy) is 1. The van der Waals surface area contributed by atoms with Gasteiger partial charge in [-0.1, -0.05) is 19.1 Å². The molecule has 1 aromatic carbocycles. The van der Waals surface area contributed by atoms with Crippen LogP contribution >= 0.6 is 0 Å². The monoisotopic (exact) mass is 207 g/mol. The Morgan fingerprint density at radius 3 is 2.73 bits per heavy atom. The lowest BCUT2D eigenvalue weighted by molar-refractivity contribution is -0.140. The molecule has 15 heavy (non-hydrogen) atoms. The van der Waals surface area contributed by atoms with Crippen molar-refractivity contribution in [3.05, 3.63) is 29.3 Å². The van der Waals surface area contributed by atoms with E-state index < -0.39 is 0 Å². The van der Waals surface area contributed by atoms with Crippen LogP contribution in [0.1, 0.15) is 30.4 Å². The SMILES string of the molecule is COC(=O)CC(C)c1ccc(C)cc1N. The zero-order valence-corrected chi connectivity index (χ0v) is 9.41. The van der Waals surface area contributed by atoms with Crippen LogP contribution in [0.2, 0.25) is 0 Å². The molecule has 0 saturated carbocycles. The zero-order valence-electron chi connectivity index (χ0n) is 9.41. The van der Waals surface area contributed by atoms with Crippen LogP contribution in [0.25, 0.3) is 0 Å². The number of esters is 1. The number of benzene rings is 1. The Bertz CT molecular complexity index is 361. The molecule has 3 nitrogen and oxygen atoms in total. The van der Waals surface area contributed by atoms with Crippen LogP contribution in [0, 0.1) is 6.92 Å². The van der Waals surface area contributed by atoms with Crippen molar-refractivity contribution in [2.45, 2.75) is 26.2 Å². The van der Waals surface area contributed by atoms with Gasteiger partial charge in [0, 0.05) is 5.69 Å². The molecule has 0 bridgehead atoms. The predicted molar refractivity (Wildman–Crippen MR) is 60.6 cm³/mol. The van der Waals surface area contributed by atoms with Crippen molar-refractivity contribution >= 4 is 11.7 Å². The molecule has 1 rings (SSSR count). The topological polar surface area (TPSA) is 52.3 Å². The second-order valence-electron chi connectivity index (χ2n) is 3.81. The molecule has 0 saturated heterocycles. The first-order valence-corrected chi connectivity index (χ1v) is 4.97. The first-order valence-electron chi connectivity index (χ1n) is 4.97. The van der Waals surface area contributed by atoms with Gasteiger partial charge < -0.3 is 10.5 Å². The Morgan fingerprint density at radius 2 is 2.20 bits per heavy atom. The van der Waals surface area contributed by atoms with Crippen molar-refractivity contribution < 1.29 is 9.53 Å². The Morgan fingerprint density at radius 1 is 1.53 bits per heavy atom. The fraction of sp³-hybridized carbons (Fsp3) is 0.417. The number of hydrogen-bond acceptors (Lipinski definition) is 3. The summed E-state index contributed by atoms with van der Waals surface area (Å²) in [5.41, 5.74) is 8.76. The van der Waals surface area contributed by atoms with Crippen molar-refractivity contribution in [3.8, 4) is 0 Å². The van der Waals surface area contributed by atoms with Crippen molar-refractivity contribution in [3.63, 3.8) is 0 Å². The molecular formula is C12H17NO2. The van der Waals surface area contributed by atoms with Gasteiger partial charge in [0.25, 0.3) is 0 Å². The van der Waals surface area contributed by atoms with Gasteiger partial charge in [-0.3, -0.25) is 4.79 Å². The van der Waals surface area contributed by atoms with E-state index in [1.165, 1.54) is 7.11 Å². The minimum absolute atomic E-state index is 0.0954. The smallest absolute Gasteiger partial charge is 0.306 e. The summed E-state index contributed by atoms with van der Waals surface area (Å²) in [4.78, 5) is 11.1. The van der Waals surface area contributed by atoms with Crippen LogP contribution in [0.4, 0.5) is 5.69 Å². The number of rotatable bonds is 3. The molecule has 0 aliphatic carbocycles. The van der Waals surface area contributed by atoms with Gasteiger partial charge in [0.1, 0.15) is 0 Å². The number of anilines is 1. The first-order chi connectivity index (χ1) is 7.04. The normalized spacial score (nSPS) is 12.2. The van der Waals surface area contributed by atoms with E-state index in [0.29, 0.717) is 6.42 Å². The predicted octanol–water partition coefficient (Wildman–Crippen LogP) is 2.24. The van der Waals surface area contributed by atoms with Gasteiger partial charge >= 0.3 is 5.97 Å². The van der Waals surface area contributed by atoms with Gasteiger partial charge in [-0.15, -0.1) is 0 Å². The third kappa shape index (κ3) is 2.98. The van der Waals surface area contributed by atoms with E-state index in [1.54, 1.807) is 0 Å². The molecule has 0 amide bonds. The molecular weight excluding hydrogens is 190 g/mol. The molecule has 3 heteroatoms. The van der Waals surface area contributed by atoms with E-state index in [1.807, 2.05) is 32.0 Å². The Kier molecular flexibility index (Phi) is 3.72. The highest BCUT2D eigenvalue weighted by molar-refractivity contribution is 5.71. The van der Waals surface area contributed by atoms with Gasteiger partial charge in [0.05, 0.1) is 13.5 Å². The van der Waals surface area contributed by atoms with Gasteiger partial charge in [-0.2, -0.15) is 0 Å².